The number of phenolic OH excluding ortho intramolecular Hbond substituents is 2. The van der Waals surface area contributed by atoms with Crippen LogP contribution in [0.25, 0.3) is 16.8 Å². The molecule has 0 saturated heterocycles. The first-order valence-corrected chi connectivity index (χ1v) is 8.61. The Balaban J connectivity index is 1.99. The van der Waals surface area contributed by atoms with E-state index in [1.54, 1.807) is 18.3 Å². The number of rotatable bonds is 4. The van der Waals surface area contributed by atoms with Crippen LogP contribution in [0.2, 0.25) is 0 Å². The summed E-state index contributed by atoms with van der Waals surface area (Å²) >= 11 is 0. The Morgan fingerprint density at radius 3 is 2.50 bits per heavy atom. The van der Waals surface area contributed by atoms with Gasteiger partial charge >= 0.3 is 0 Å². The summed E-state index contributed by atoms with van der Waals surface area (Å²) < 4.78 is 1.99. The normalized spacial score (nSPS) is 14.4. The number of hydrogen-bond donors (Lipinski definition) is 2. The summed E-state index contributed by atoms with van der Waals surface area (Å²) in [5.74, 6) is 0.831. The van der Waals surface area contributed by atoms with Gasteiger partial charge in [-0.2, -0.15) is 0 Å². The van der Waals surface area contributed by atoms with Crippen LogP contribution in [0.5, 0.6) is 11.5 Å². The van der Waals surface area contributed by atoms with Crippen LogP contribution < -0.4 is 0 Å². The van der Waals surface area contributed by atoms with Crippen molar-refractivity contribution in [3.8, 4) is 22.6 Å². The summed E-state index contributed by atoms with van der Waals surface area (Å²) in [6.07, 6.45) is 10.0. The Labute approximate surface area is 141 Å². The highest BCUT2D eigenvalue weighted by Crippen LogP contribution is 2.47. The molecule has 2 aromatic heterocycles. The molecular formula is C20H22N2O2. The van der Waals surface area contributed by atoms with Gasteiger partial charge in [-0.1, -0.05) is 13.3 Å². The van der Waals surface area contributed by atoms with Crippen molar-refractivity contribution in [3.63, 3.8) is 0 Å². The number of pyridine rings is 1. The first-order valence-electron chi connectivity index (χ1n) is 8.61. The molecule has 0 bridgehead atoms. The van der Waals surface area contributed by atoms with E-state index in [0.717, 1.165) is 35.2 Å². The van der Waals surface area contributed by atoms with E-state index >= 15 is 0 Å². The minimum atomic E-state index is 0.124. The van der Waals surface area contributed by atoms with E-state index in [0.29, 0.717) is 11.5 Å². The molecule has 0 aliphatic heterocycles. The average molecular weight is 322 g/mol. The third-order valence-electron chi connectivity index (χ3n) is 4.94. The van der Waals surface area contributed by atoms with Crippen molar-refractivity contribution in [1.29, 1.82) is 0 Å². The van der Waals surface area contributed by atoms with E-state index in [-0.39, 0.29) is 11.5 Å². The highest BCUT2D eigenvalue weighted by atomic mass is 16.3. The fourth-order valence-electron chi connectivity index (χ4n) is 3.63. The molecule has 0 radical (unpaired) electrons. The van der Waals surface area contributed by atoms with Crippen LogP contribution >= 0.6 is 0 Å². The molecule has 0 amide bonds. The Morgan fingerprint density at radius 1 is 1.17 bits per heavy atom. The zero-order chi connectivity index (χ0) is 16.8. The number of fused-ring (bicyclic) bond motifs is 1. The molecule has 124 valence electrons. The molecule has 24 heavy (non-hydrogen) atoms. The van der Waals surface area contributed by atoms with Crippen LogP contribution in [-0.2, 0) is 6.42 Å². The minimum Gasteiger partial charge on any atom is -0.507 e. The lowest BCUT2D eigenvalue weighted by atomic mass is 9.93. The lowest BCUT2D eigenvalue weighted by Gasteiger charge is -2.16. The zero-order valence-corrected chi connectivity index (χ0v) is 14.1. The number of aryl methyl sites for hydroxylation is 1. The Bertz CT molecular complexity index is 900. The number of benzene rings is 1. The fraction of sp³-hybridized carbons (Fsp3) is 0.350. The van der Waals surface area contributed by atoms with Crippen LogP contribution in [0.3, 0.4) is 0 Å². The van der Waals surface area contributed by atoms with Crippen molar-refractivity contribution in [1.82, 2.24) is 9.38 Å². The summed E-state index contributed by atoms with van der Waals surface area (Å²) in [6.45, 7) is 4.15. The Hall–Kier alpha value is -2.49. The van der Waals surface area contributed by atoms with E-state index in [1.807, 2.05) is 10.6 Å². The van der Waals surface area contributed by atoms with Gasteiger partial charge in [0.25, 0.3) is 0 Å². The molecule has 0 unspecified atom stereocenters. The van der Waals surface area contributed by atoms with Crippen molar-refractivity contribution in [2.24, 2.45) is 0 Å². The molecule has 2 N–H and O–H groups in total. The summed E-state index contributed by atoms with van der Waals surface area (Å²) in [5, 5.41) is 21.2. The second-order valence-electron chi connectivity index (χ2n) is 6.78. The largest absolute Gasteiger partial charge is 0.507 e. The van der Waals surface area contributed by atoms with Gasteiger partial charge in [0, 0.05) is 24.2 Å². The van der Waals surface area contributed by atoms with Crippen molar-refractivity contribution >= 4 is 5.65 Å². The molecule has 0 spiro atoms. The van der Waals surface area contributed by atoms with Gasteiger partial charge in [0.15, 0.2) is 0 Å². The van der Waals surface area contributed by atoms with Crippen molar-refractivity contribution < 1.29 is 10.2 Å². The van der Waals surface area contributed by atoms with Crippen LogP contribution in [0.15, 0.2) is 30.7 Å². The standard InChI is InChI=1S/C20H22N2O2/c1-3-4-13-9-16(23)19(17(24)10-13)18-12(2)15(14-5-6-14)11-22-8-7-21-20(18)22/h7-11,14,23-24H,3-6H2,1-2H3. The van der Waals surface area contributed by atoms with E-state index in [9.17, 15) is 10.2 Å². The summed E-state index contributed by atoms with van der Waals surface area (Å²) in [6, 6.07) is 3.53. The van der Waals surface area contributed by atoms with E-state index in [4.69, 9.17) is 0 Å². The van der Waals surface area contributed by atoms with Crippen LogP contribution in [-0.4, -0.2) is 19.6 Å². The molecule has 4 rings (SSSR count). The molecular weight excluding hydrogens is 300 g/mol. The lowest BCUT2D eigenvalue weighted by molar-refractivity contribution is 0.453. The average Bonchev–Trinajstić information content (AvgIpc) is 3.27. The second kappa shape index (κ2) is 5.55. The quantitative estimate of drug-likeness (QED) is 0.741. The number of nitrogens with zero attached hydrogens (tertiary/aromatic N) is 2. The summed E-state index contributed by atoms with van der Waals surface area (Å²) in [5.41, 5.74) is 5.43. The first-order chi connectivity index (χ1) is 11.6. The maximum Gasteiger partial charge on any atom is 0.145 e. The maximum absolute atomic E-state index is 10.6. The first kappa shape index (κ1) is 15.1. The van der Waals surface area contributed by atoms with E-state index < -0.39 is 0 Å². The predicted octanol–water partition coefficient (Wildman–Crippen LogP) is 4.55. The number of hydrogen-bond acceptors (Lipinski definition) is 3. The van der Waals surface area contributed by atoms with Crippen LogP contribution in [0.4, 0.5) is 0 Å². The van der Waals surface area contributed by atoms with Crippen molar-refractivity contribution in [3.05, 3.63) is 47.4 Å². The molecule has 0 atom stereocenters. The van der Waals surface area contributed by atoms with Gasteiger partial charge in [0.2, 0.25) is 0 Å². The second-order valence-corrected chi connectivity index (χ2v) is 6.78. The van der Waals surface area contributed by atoms with Gasteiger partial charge in [0.05, 0.1) is 5.56 Å². The fourth-order valence-corrected chi connectivity index (χ4v) is 3.63. The van der Waals surface area contributed by atoms with Gasteiger partial charge < -0.3 is 14.6 Å². The smallest absolute Gasteiger partial charge is 0.145 e. The number of aromatic hydroxyl groups is 2. The molecule has 1 aromatic carbocycles. The Morgan fingerprint density at radius 2 is 1.88 bits per heavy atom. The topological polar surface area (TPSA) is 57.8 Å². The van der Waals surface area contributed by atoms with Crippen LogP contribution in [0.1, 0.15) is 48.8 Å². The maximum atomic E-state index is 10.6. The van der Waals surface area contributed by atoms with Gasteiger partial charge in [-0.05, 0) is 60.9 Å². The van der Waals surface area contributed by atoms with Crippen LogP contribution in [0, 0.1) is 6.92 Å². The number of imidazole rings is 1. The SMILES string of the molecule is CCCc1cc(O)c(-c2c(C)c(C3CC3)cn3ccnc23)c(O)c1. The summed E-state index contributed by atoms with van der Waals surface area (Å²) in [7, 11) is 0. The van der Waals surface area contributed by atoms with Gasteiger partial charge in [-0.3, -0.25) is 0 Å². The van der Waals surface area contributed by atoms with Gasteiger partial charge in [-0.15, -0.1) is 0 Å². The molecule has 3 aromatic rings. The summed E-state index contributed by atoms with van der Waals surface area (Å²) in [4.78, 5) is 4.46. The lowest BCUT2D eigenvalue weighted by Crippen LogP contribution is -1.99. The van der Waals surface area contributed by atoms with Crippen molar-refractivity contribution in [2.75, 3.05) is 0 Å². The third kappa shape index (κ3) is 2.33. The number of phenols is 2. The third-order valence-corrected chi connectivity index (χ3v) is 4.94. The van der Waals surface area contributed by atoms with Crippen molar-refractivity contribution in [2.45, 2.75) is 45.4 Å². The molecule has 1 aliphatic carbocycles. The highest BCUT2D eigenvalue weighted by molar-refractivity contribution is 5.88. The van der Waals surface area contributed by atoms with Gasteiger partial charge in [-0.25, -0.2) is 4.98 Å². The molecule has 1 saturated carbocycles. The molecule has 2 heterocycles. The molecule has 1 fully saturated rings. The predicted molar refractivity (Wildman–Crippen MR) is 94.7 cm³/mol. The Kier molecular flexibility index (Phi) is 3.48. The molecule has 4 nitrogen and oxygen atoms in total. The molecule has 1 aliphatic rings. The van der Waals surface area contributed by atoms with E-state index in [1.165, 1.54) is 18.4 Å². The van der Waals surface area contributed by atoms with Gasteiger partial charge in [0.1, 0.15) is 17.1 Å². The zero-order valence-electron chi connectivity index (χ0n) is 14.1. The monoisotopic (exact) mass is 322 g/mol. The molecule has 4 heteroatoms. The van der Waals surface area contributed by atoms with E-state index in [2.05, 4.69) is 25.0 Å². The minimum absolute atomic E-state index is 0.124. The highest BCUT2D eigenvalue weighted by Gasteiger charge is 2.29. The number of aromatic nitrogens is 2.